The molecule has 1 saturated carbocycles. The SMILES string of the molecule is O=C(NCc1ccc(OC2CCCC2)nc1)c1ccccc1SCc1cccs1. The summed E-state index contributed by atoms with van der Waals surface area (Å²) < 4.78 is 5.90. The predicted molar refractivity (Wildman–Crippen MR) is 119 cm³/mol. The van der Waals surface area contributed by atoms with E-state index >= 15 is 0 Å². The van der Waals surface area contributed by atoms with E-state index in [-0.39, 0.29) is 5.91 Å². The summed E-state index contributed by atoms with van der Waals surface area (Å²) in [4.78, 5) is 19.4. The van der Waals surface area contributed by atoms with E-state index in [9.17, 15) is 4.79 Å². The summed E-state index contributed by atoms with van der Waals surface area (Å²) in [5.74, 6) is 1.47. The fourth-order valence-corrected chi connectivity index (χ4v) is 5.19. The van der Waals surface area contributed by atoms with E-state index in [0.29, 0.717) is 24.1 Å². The van der Waals surface area contributed by atoms with E-state index in [0.717, 1.165) is 29.1 Å². The lowest BCUT2D eigenvalue weighted by molar-refractivity contribution is 0.0948. The monoisotopic (exact) mass is 424 g/mol. The number of pyridine rings is 1. The van der Waals surface area contributed by atoms with Gasteiger partial charge in [0.05, 0.1) is 5.56 Å². The highest BCUT2D eigenvalue weighted by molar-refractivity contribution is 7.98. The molecule has 3 aromatic rings. The Hall–Kier alpha value is -2.31. The molecule has 6 heteroatoms. The number of amides is 1. The number of nitrogens with one attached hydrogen (secondary N) is 1. The van der Waals surface area contributed by atoms with Crippen LogP contribution in [-0.2, 0) is 12.3 Å². The number of benzene rings is 1. The van der Waals surface area contributed by atoms with E-state index < -0.39 is 0 Å². The Morgan fingerprint density at radius 1 is 1.14 bits per heavy atom. The van der Waals surface area contributed by atoms with Crippen molar-refractivity contribution >= 4 is 29.0 Å². The van der Waals surface area contributed by atoms with Crippen LogP contribution in [0.3, 0.4) is 0 Å². The fraction of sp³-hybridized carbons (Fsp3) is 0.304. The summed E-state index contributed by atoms with van der Waals surface area (Å²) in [6, 6.07) is 15.8. The molecule has 1 N–H and O–H groups in total. The van der Waals surface area contributed by atoms with Crippen LogP contribution in [-0.4, -0.2) is 17.0 Å². The zero-order chi connectivity index (χ0) is 19.9. The maximum absolute atomic E-state index is 12.7. The van der Waals surface area contributed by atoms with Crippen LogP contribution in [0.5, 0.6) is 5.88 Å². The number of thiophene rings is 1. The number of nitrogens with zero attached hydrogens (tertiary/aromatic N) is 1. The quantitative estimate of drug-likeness (QED) is 0.472. The maximum Gasteiger partial charge on any atom is 0.252 e. The molecule has 0 unspecified atom stereocenters. The van der Waals surface area contributed by atoms with Crippen LogP contribution in [0, 0.1) is 0 Å². The molecular formula is C23H24N2O2S2. The van der Waals surface area contributed by atoms with Crippen LogP contribution in [0.25, 0.3) is 0 Å². The number of aromatic nitrogens is 1. The first-order valence-electron chi connectivity index (χ1n) is 9.92. The third-order valence-corrected chi connectivity index (χ3v) is 7.10. The molecule has 4 nitrogen and oxygen atoms in total. The van der Waals surface area contributed by atoms with E-state index in [1.807, 2.05) is 36.4 Å². The fourth-order valence-electron chi connectivity index (χ4n) is 3.36. The van der Waals surface area contributed by atoms with Crippen LogP contribution in [0.2, 0.25) is 0 Å². The van der Waals surface area contributed by atoms with Gasteiger partial charge in [0.25, 0.3) is 5.91 Å². The van der Waals surface area contributed by atoms with Gasteiger partial charge in [0.1, 0.15) is 6.10 Å². The maximum atomic E-state index is 12.7. The van der Waals surface area contributed by atoms with Crippen molar-refractivity contribution in [2.24, 2.45) is 0 Å². The van der Waals surface area contributed by atoms with Gasteiger partial charge in [-0.05, 0) is 54.8 Å². The Bertz CT molecular complexity index is 920. The molecule has 0 spiro atoms. The molecule has 2 heterocycles. The minimum atomic E-state index is -0.0643. The molecule has 0 aliphatic heterocycles. The second-order valence-electron chi connectivity index (χ2n) is 7.08. The molecule has 0 atom stereocenters. The smallest absolute Gasteiger partial charge is 0.252 e. The second kappa shape index (κ2) is 9.94. The standard InChI is InChI=1S/C23H24N2O2S2/c26-23(20-9-3-4-10-21(20)29-16-19-8-5-13-28-19)25-15-17-11-12-22(24-14-17)27-18-6-1-2-7-18/h3-5,8-14,18H,1-2,6-7,15-16H2,(H,25,26). The van der Waals surface area contributed by atoms with Gasteiger partial charge in [0, 0.05) is 34.3 Å². The summed E-state index contributed by atoms with van der Waals surface area (Å²) in [6.07, 6.45) is 6.79. The highest BCUT2D eigenvalue weighted by Gasteiger charge is 2.17. The molecular weight excluding hydrogens is 400 g/mol. The molecule has 1 aliphatic rings. The molecule has 0 radical (unpaired) electrons. The Morgan fingerprint density at radius 3 is 2.76 bits per heavy atom. The van der Waals surface area contributed by atoms with Gasteiger partial charge in [-0.15, -0.1) is 23.1 Å². The molecule has 0 saturated heterocycles. The van der Waals surface area contributed by atoms with Crippen molar-refractivity contribution in [3.05, 3.63) is 76.1 Å². The van der Waals surface area contributed by atoms with E-state index in [4.69, 9.17) is 4.74 Å². The van der Waals surface area contributed by atoms with Crippen molar-refractivity contribution in [2.75, 3.05) is 0 Å². The Labute approximate surface area is 179 Å². The molecule has 150 valence electrons. The number of carbonyl (C=O) groups excluding carboxylic acids is 1. The van der Waals surface area contributed by atoms with E-state index in [1.54, 1.807) is 29.3 Å². The largest absolute Gasteiger partial charge is 0.474 e. The van der Waals surface area contributed by atoms with Crippen LogP contribution in [0.4, 0.5) is 0 Å². The number of hydrogen-bond acceptors (Lipinski definition) is 5. The highest BCUT2D eigenvalue weighted by atomic mass is 32.2. The van der Waals surface area contributed by atoms with Gasteiger partial charge >= 0.3 is 0 Å². The topological polar surface area (TPSA) is 51.2 Å². The lowest BCUT2D eigenvalue weighted by Gasteiger charge is -2.12. The van der Waals surface area contributed by atoms with Crippen molar-refractivity contribution in [1.29, 1.82) is 0 Å². The lowest BCUT2D eigenvalue weighted by atomic mass is 10.2. The number of thioether (sulfide) groups is 1. The molecule has 4 rings (SSSR count). The first-order chi connectivity index (χ1) is 14.3. The lowest BCUT2D eigenvalue weighted by Crippen LogP contribution is -2.23. The first kappa shape index (κ1) is 20.0. The first-order valence-corrected chi connectivity index (χ1v) is 11.8. The number of ether oxygens (including phenoxy) is 1. The second-order valence-corrected chi connectivity index (χ2v) is 9.13. The van der Waals surface area contributed by atoms with Crippen LogP contribution in [0.15, 0.2) is 65.0 Å². The van der Waals surface area contributed by atoms with Gasteiger partial charge in [-0.25, -0.2) is 4.98 Å². The third-order valence-electron chi connectivity index (χ3n) is 4.92. The van der Waals surface area contributed by atoms with Crippen molar-refractivity contribution in [1.82, 2.24) is 10.3 Å². The normalized spacial score (nSPS) is 14.1. The summed E-state index contributed by atoms with van der Waals surface area (Å²) in [5, 5.41) is 5.09. The Kier molecular flexibility index (Phi) is 6.85. The highest BCUT2D eigenvalue weighted by Crippen LogP contribution is 2.28. The summed E-state index contributed by atoms with van der Waals surface area (Å²) in [6.45, 7) is 0.444. The number of rotatable bonds is 8. The van der Waals surface area contributed by atoms with Gasteiger partial charge in [-0.2, -0.15) is 0 Å². The molecule has 29 heavy (non-hydrogen) atoms. The predicted octanol–water partition coefficient (Wildman–Crippen LogP) is 5.69. The minimum absolute atomic E-state index is 0.0643. The zero-order valence-electron chi connectivity index (χ0n) is 16.2. The third kappa shape index (κ3) is 5.61. The molecule has 1 aromatic carbocycles. The van der Waals surface area contributed by atoms with Gasteiger partial charge in [-0.3, -0.25) is 4.79 Å². The Balaban J connectivity index is 1.32. The molecule has 1 fully saturated rings. The summed E-state index contributed by atoms with van der Waals surface area (Å²) in [5.41, 5.74) is 1.67. The van der Waals surface area contributed by atoms with Gasteiger partial charge in [0.15, 0.2) is 0 Å². The average Bonchev–Trinajstić information content (AvgIpc) is 3.46. The molecule has 1 aliphatic carbocycles. The minimum Gasteiger partial charge on any atom is -0.474 e. The van der Waals surface area contributed by atoms with Crippen molar-refractivity contribution in [3.63, 3.8) is 0 Å². The zero-order valence-corrected chi connectivity index (χ0v) is 17.8. The van der Waals surface area contributed by atoms with Crippen molar-refractivity contribution in [3.8, 4) is 5.88 Å². The average molecular weight is 425 g/mol. The van der Waals surface area contributed by atoms with Crippen molar-refractivity contribution < 1.29 is 9.53 Å². The molecule has 0 bridgehead atoms. The Morgan fingerprint density at radius 2 is 2.00 bits per heavy atom. The van der Waals surface area contributed by atoms with Crippen LogP contribution >= 0.6 is 23.1 Å². The van der Waals surface area contributed by atoms with Gasteiger partial charge in [-0.1, -0.05) is 24.3 Å². The van der Waals surface area contributed by atoms with Gasteiger partial charge in [0.2, 0.25) is 5.88 Å². The molecule has 2 aromatic heterocycles. The number of hydrogen-bond donors (Lipinski definition) is 1. The molecule has 1 amide bonds. The summed E-state index contributed by atoms with van der Waals surface area (Å²) in [7, 11) is 0. The van der Waals surface area contributed by atoms with Gasteiger partial charge < -0.3 is 10.1 Å². The van der Waals surface area contributed by atoms with Crippen molar-refractivity contribution in [2.45, 2.75) is 49.0 Å². The van der Waals surface area contributed by atoms with E-state index in [1.165, 1.54) is 17.7 Å². The van der Waals surface area contributed by atoms with E-state index in [2.05, 4.69) is 27.8 Å². The summed E-state index contributed by atoms with van der Waals surface area (Å²) >= 11 is 3.43. The van der Waals surface area contributed by atoms with Crippen LogP contribution in [0.1, 0.15) is 46.5 Å². The number of carbonyl (C=O) groups is 1. The van der Waals surface area contributed by atoms with Crippen LogP contribution < -0.4 is 10.1 Å².